The first-order valence-electron chi connectivity index (χ1n) is 8.47. The van der Waals surface area contributed by atoms with Crippen LogP contribution in [-0.4, -0.2) is 37.8 Å². The third kappa shape index (κ3) is 3.08. The highest BCUT2D eigenvalue weighted by atomic mass is 16.5. The van der Waals surface area contributed by atoms with E-state index in [2.05, 4.69) is 10.6 Å². The molecular weight excluding hydrogens is 292 g/mol. The number of methoxy groups -OCH3 is 1. The Morgan fingerprint density at radius 2 is 2.30 bits per heavy atom. The van der Waals surface area contributed by atoms with E-state index in [9.17, 15) is 9.90 Å². The van der Waals surface area contributed by atoms with Gasteiger partial charge < -0.3 is 20.5 Å². The van der Waals surface area contributed by atoms with Crippen LogP contribution >= 0.6 is 0 Å². The number of hydrogen-bond donors (Lipinski definition) is 3. The number of ether oxygens (including phenoxy) is 1. The molecule has 0 bridgehead atoms. The Kier molecular flexibility index (Phi) is 4.87. The lowest BCUT2D eigenvalue weighted by Gasteiger charge is -2.37. The van der Waals surface area contributed by atoms with Crippen molar-refractivity contribution >= 4 is 5.91 Å². The first-order chi connectivity index (χ1) is 11.2. The maximum absolute atomic E-state index is 12.8. The molecule has 1 amide bonds. The molecule has 0 spiro atoms. The molecule has 0 aromatic heterocycles. The SMILES string of the molecule is COc1ccccc1C(O)CNC(=O)[C@@]12CCCC[C@H]1CNC2. The summed E-state index contributed by atoms with van der Waals surface area (Å²) in [5.41, 5.74) is 0.427. The zero-order valence-corrected chi connectivity index (χ0v) is 13.7. The molecule has 2 fully saturated rings. The Bertz CT molecular complexity index is 563. The normalized spacial score (nSPS) is 28.0. The van der Waals surface area contributed by atoms with Crippen LogP contribution in [0.3, 0.4) is 0 Å². The van der Waals surface area contributed by atoms with Crippen molar-refractivity contribution in [3.8, 4) is 5.75 Å². The van der Waals surface area contributed by atoms with E-state index in [0.29, 0.717) is 17.2 Å². The monoisotopic (exact) mass is 318 g/mol. The molecule has 1 heterocycles. The van der Waals surface area contributed by atoms with Crippen LogP contribution in [0.1, 0.15) is 37.4 Å². The minimum Gasteiger partial charge on any atom is -0.496 e. The number of carbonyl (C=O) groups excluding carboxylic acids is 1. The molecule has 1 aromatic rings. The van der Waals surface area contributed by atoms with E-state index < -0.39 is 6.10 Å². The number of aliphatic hydroxyl groups excluding tert-OH is 1. The zero-order valence-electron chi connectivity index (χ0n) is 13.7. The lowest BCUT2D eigenvalue weighted by atomic mass is 9.67. The summed E-state index contributed by atoms with van der Waals surface area (Å²) in [6, 6.07) is 7.37. The summed E-state index contributed by atoms with van der Waals surface area (Å²) in [6.07, 6.45) is 3.63. The van der Waals surface area contributed by atoms with Crippen molar-refractivity contribution in [1.82, 2.24) is 10.6 Å². The quantitative estimate of drug-likeness (QED) is 0.772. The molecule has 3 rings (SSSR count). The van der Waals surface area contributed by atoms with E-state index in [0.717, 1.165) is 32.4 Å². The summed E-state index contributed by atoms with van der Waals surface area (Å²) in [5.74, 6) is 1.16. The van der Waals surface area contributed by atoms with Crippen LogP contribution in [0.2, 0.25) is 0 Å². The van der Waals surface area contributed by atoms with Crippen molar-refractivity contribution < 1.29 is 14.6 Å². The molecule has 1 aliphatic carbocycles. The van der Waals surface area contributed by atoms with Crippen molar-refractivity contribution in [2.45, 2.75) is 31.8 Å². The average molecular weight is 318 g/mol. The Morgan fingerprint density at radius 1 is 1.48 bits per heavy atom. The molecule has 1 aliphatic heterocycles. The predicted octanol–water partition coefficient (Wildman–Crippen LogP) is 1.62. The summed E-state index contributed by atoms with van der Waals surface area (Å²) in [6.45, 7) is 1.91. The number of aliphatic hydroxyl groups is 1. The average Bonchev–Trinajstić information content (AvgIpc) is 3.04. The molecule has 3 N–H and O–H groups in total. The van der Waals surface area contributed by atoms with Crippen LogP contribution in [0.5, 0.6) is 5.75 Å². The molecule has 23 heavy (non-hydrogen) atoms. The molecule has 1 unspecified atom stereocenters. The molecule has 5 nitrogen and oxygen atoms in total. The maximum Gasteiger partial charge on any atom is 0.227 e. The molecular formula is C18H26N2O3. The minimum absolute atomic E-state index is 0.0844. The lowest BCUT2D eigenvalue weighted by Crippen LogP contribution is -2.48. The summed E-state index contributed by atoms with van der Waals surface area (Å²) in [7, 11) is 1.58. The second kappa shape index (κ2) is 6.89. The number of para-hydroxylation sites is 1. The van der Waals surface area contributed by atoms with Gasteiger partial charge in [-0.15, -0.1) is 0 Å². The van der Waals surface area contributed by atoms with E-state index in [1.54, 1.807) is 7.11 Å². The second-order valence-corrected chi connectivity index (χ2v) is 6.70. The number of amides is 1. The molecule has 1 saturated carbocycles. The Morgan fingerprint density at radius 3 is 3.13 bits per heavy atom. The molecule has 1 aromatic carbocycles. The van der Waals surface area contributed by atoms with Crippen LogP contribution in [0, 0.1) is 11.3 Å². The van der Waals surface area contributed by atoms with E-state index in [4.69, 9.17) is 4.74 Å². The van der Waals surface area contributed by atoms with Gasteiger partial charge in [-0.2, -0.15) is 0 Å². The second-order valence-electron chi connectivity index (χ2n) is 6.70. The zero-order chi connectivity index (χ0) is 16.3. The van der Waals surface area contributed by atoms with Gasteiger partial charge in [0, 0.05) is 18.7 Å². The van der Waals surface area contributed by atoms with Crippen molar-refractivity contribution in [3.63, 3.8) is 0 Å². The molecule has 2 aliphatic rings. The molecule has 126 valence electrons. The van der Waals surface area contributed by atoms with Crippen molar-refractivity contribution in [1.29, 1.82) is 0 Å². The van der Waals surface area contributed by atoms with Crippen LogP contribution in [0.15, 0.2) is 24.3 Å². The summed E-state index contributed by atoms with van der Waals surface area (Å²) in [5, 5.41) is 16.8. The Labute approximate surface area is 137 Å². The number of hydrogen-bond acceptors (Lipinski definition) is 4. The molecule has 1 saturated heterocycles. The van der Waals surface area contributed by atoms with Crippen molar-refractivity contribution in [2.75, 3.05) is 26.7 Å². The standard InChI is InChI=1S/C18H26N2O3/c1-23-16-8-3-2-7-14(16)15(21)11-20-17(22)18-9-5-4-6-13(18)10-19-12-18/h2-3,7-8,13,15,19,21H,4-6,9-12H2,1H3,(H,20,22)/t13-,15?,18+/m0/s1. The van der Waals surface area contributed by atoms with E-state index >= 15 is 0 Å². The first kappa shape index (κ1) is 16.3. The third-order valence-corrected chi connectivity index (χ3v) is 5.44. The number of rotatable bonds is 5. The van der Waals surface area contributed by atoms with Gasteiger partial charge in [0.05, 0.1) is 18.6 Å². The van der Waals surface area contributed by atoms with Gasteiger partial charge in [-0.3, -0.25) is 4.79 Å². The van der Waals surface area contributed by atoms with Gasteiger partial charge in [-0.05, 0) is 31.4 Å². The third-order valence-electron chi connectivity index (χ3n) is 5.44. The number of fused-ring (bicyclic) bond motifs is 1. The van der Waals surface area contributed by atoms with Crippen LogP contribution in [-0.2, 0) is 4.79 Å². The first-order valence-corrected chi connectivity index (χ1v) is 8.47. The van der Waals surface area contributed by atoms with Gasteiger partial charge in [0.2, 0.25) is 5.91 Å². The van der Waals surface area contributed by atoms with Gasteiger partial charge in [-0.1, -0.05) is 31.0 Å². The van der Waals surface area contributed by atoms with Gasteiger partial charge in [0.1, 0.15) is 5.75 Å². The van der Waals surface area contributed by atoms with Gasteiger partial charge in [0.15, 0.2) is 0 Å². The fourth-order valence-corrected chi connectivity index (χ4v) is 4.11. The predicted molar refractivity (Wildman–Crippen MR) is 88.2 cm³/mol. The van der Waals surface area contributed by atoms with Gasteiger partial charge in [-0.25, -0.2) is 0 Å². The highest BCUT2D eigenvalue weighted by molar-refractivity contribution is 5.84. The Balaban J connectivity index is 1.64. The van der Waals surface area contributed by atoms with E-state index in [1.807, 2.05) is 24.3 Å². The van der Waals surface area contributed by atoms with E-state index in [-0.39, 0.29) is 17.9 Å². The molecule has 0 radical (unpaired) electrons. The smallest absolute Gasteiger partial charge is 0.227 e. The topological polar surface area (TPSA) is 70.6 Å². The minimum atomic E-state index is -0.761. The fourth-order valence-electron chi connectivity index (χ4n) is 4.11. The highest BCUT2D eigenvalue weighted by Gasteiger charge is 2.49. The maximum atomic E-state index is 12.8. The fraction of sp³-hybridized carbons (Fsp3) is 0.611. The van der Waals surface area contributed by atoms with Crippen LogP contribution in [0.25, 0.3) is 0 Å². The number of carbonyl (C=O) groups is 1. The molecule has 3 atom stereocenters. The molecule has 5 heteroatoms. The summed E-state index contributed by atoms with van der Waals surface area (Å²) < 4.78 is 5.27. The summed E-state index contributed by atoms with van der Waals surface area (Å²) in [4.78, 5) is 12.8. The van der Waals surface area contributed by atoms with Gasteiger partial charge in [0.25, 0.3) is 0 Å². The number of nitrogens with one attached hydrogen (secondary N) is 2. The summed E-state index contributed by atoms with van der Waals surface area (Å²) >= 11 is 0. The number of benzene rings is 1. The van der Waals surface area contributed by atoms with Gasteiger partial charge >= 0.3 is 0 Å². The van der Waals surface area contributed by atoms with Crippen LogP contribution in [0.4, 0.5) is 0 Å². The lowest BCUT2D eigenvalue weighted by molar-refractivity contribution is -0.134. The highest BCUT2D eigenvalue weighted by Crippen LogP contribution is 2.43. The van der Waals surface area contributed by atoms with Crippen LogP contribution < -0.4 is 15.4 Å². The largest absolute Gasteiger partial charge is 0.496 e. The Hall–Kier alpha value is -1.59. The van der Waals surface area contributed by atoms with E-state index in [1.165, 1.54) is 6.42 Å². The van der Waals surface area contributed by atoms with Crippen molar-refractivity contribution in [2.24, 2.45) is 11.3 Å². The van der Waals surface area contributed by atoms with Crippen molar-refractivity contribution in [3.05, 3.63) is 29.8 Å².